The lowest BCUT2D eigenvalue weighted by atomic mass is 9.99. The summed E-state index contributed by atoms with van der Waals surface area (Å²) in [7, 11) is -4.13. The van der Waals surface area contributed by atoms with Gasteiger partial charge in [-0.25, -0.2) is 22.3 Å². The third-order valence-electron chi connectivity index (χ3n) is 3.47. The predicted molar refractivity (Wildman–Crippen MR) is 86.4 cm³/mol. The molecule has 0 aliphatic rings. The van der Waals surface area contributed by atoms with E-state index in [2.05, 4.69) is 4.98 Å². The Hall–Kier alpha value is -2.64. The molecule has 0 atom stereocenters. The van der Waals surface area contributed by atoms with Crippen LogP contribution < -0.4 is 5.14 Å². The second-order valence-electron chi connectivity index (χ2n) is 5.10. The van der Waals surface area contributed by atoms with Gasteiger partial charge in [0, 0.05) is 17.3 Å². The molecule has 0 saturated carbocycles. The van der Waals surface area contributed by atoms with Crippen LogP contribution in [0.15, 0.2) is 65.7 Å². The lowest BCUT2D eigenvalue weighted by molar-refractivity contribution is 0.568. The van der Waals surface area contributed by atoms with Gasteiger partial charge in [-0.05, 0) is 48.0 Å². The molecule has 7 heteroatoms. The SMILES string of the molecule is NS(=O)(=O)c1ccc(-c2cccnc2-c2ccc(F)cc2)cc1F. The van der Waals surface area contributed by atoms with E-state index in [-0.39, 0.29) is 5.82 Å². The number of primary sulfonamides is 1. The standard InChI is InChI=1S/C17H12F2N2O2S/c18-13-6-3-11(4-7-13)17-14(2-1-9-21-17)12-5-8-16(15(19)10-12)24(20,22)23/h1-10H,(H2,20,22,23). The lowest BCUT2D eigenvalue weighted by Crippen LogP contribution is -2.13. The number of pyridine rings is 1. The molecule has 0 spiro atoms. The average molecular weight is 346 g/mol. The molecule has 1 aromatic heterocycles. The smallest absolute Gasteiger partial charge is 0.240 e. The number of nitrogens with two attached hydrogens (primary N) is 1. The van der Waals surface area contributed by atoms with Gasteiger partial charge in [-0.3, -0.25) is 4.98 Å². The molecule has 0 amide bonds. The van der Waals surface area contributed by atoms with Gasteiger partial charge in [0.05, 0.1) is 5.69 Å². The molecule has 0 unspecified atom stereocenters. The van der Waals surface area contributed by atoms with E-state index >= 15 is 0 Å². The first-order valence-electron chi connectivity index (χ1n) is 6.90. The van der Waals surface area contributed by atoms with Crippen LogP contribution in [-0.4, -0.2) is 13.4 Å². The predicted octanol–water partition coefficient (Wildman–Crippen LogP) is 3.34. The fourth-order valence-electron chi connectivity index (χ4n) is 2.38. The molecule has 0 saturated heterocycles. The zero-order valence-electron chi connectivity index (χ0n) is 12.3. The Morgan fingerprint density at radius 3 is 2.21 bits per heavy atom. The van der Waals surface area contributed by atoms with Crippen LogP contribution >= 0.6 is 0 Å². The molecule has 4 nitrogen and oxygen atoms in total. The lowest BCUT2D eigenvalue weighted by Gasteiger charge is -2.10. The number of sulfonamides is 1. The first kappa shape index (κ1) is 16.2. The minimum Gasteiger partial charge on any atom is -0.256 e. The number of nitrogens with zero attached hydrogens (tertiary/aromatic N) is 1. The molecule has 0 radical (unpaired) electrons. The summed E-state index contributed by atoms with van der Waals surface area (Å²) in [5, 5.41) is 4.97. The summed E-state index contributed by atoms with van der Waals surface area (Å²) in [6.07, 6.45) is 1.57. The number of benzene rings is 2. The molecule has 2 aromatic carbocycles. The van der Waals surface area contributed by atoms with Crippen molar-refractivity contribution in [2.75, 3.05) is 0 Å². The summed E-state index contributed by atoms with van der Waals surface area (Å²) in [4.78, 5) is 3.70. The molecule has 122 valence electrons. The summed E-state index contributed by atoms with van der Waals surface area (Å²) in [5.41, 5.74) is 2.21. The molecule has 0 fully saturated rings. The van der Waals surface area contributed by atoms with Crippen molar-refractivity contribution in [1.82, 2.24) is 4.98 Å². The molecule has 0 bridgehead atoms. The molecule has 1 heterocycles. The summed E-state index contributed by atoms with van der Waals surface area (Å²) >= 11 is 0. The van der Waals surface area contributed by atoms with E-state index in [1.165, 1.54) is 18.2 Å². The van der Waals surface area contributed by atoms with E-state index in [0.29, 0.717) is 22.4 Å². The summed E-state index contributed by atoms with van der Waals surface area (Å²) < 4.78 is 49.8. The first-order chi connectivity index (χ1) is 11.4. The van der Waals surface area contributed by atoms with Crippen LogP contribution in [0.25, 0.3) is 22.4 Å². The van der Waals surface area contributed by atoms with Crippen molar-refractivity contribution in [2.24, 2.45) is 5.14 Å². The fraction of sp³-hybridized carbons (Fsp3) is 0. The number of aromatic nitrogens is 1. The fourth-order valence-corrected chi connectivity index (χ4v) is 2.96. The van der Waals surface area contributed by atoms with Gasteiger partial charge in [0.2, 0.25) is 10.0 Å². The van der Waals surface area contributed by atoms with Gasteiger partial charge in [0.15, 0.2) is 0 Å². The molecule has 0 aliphatic heterocycles. The number of halogens is 2. The normalized spacial score (nSPS) is 11.5. The monoisotopic (exact) mass is 346 g/mol. The van der Waals surface area contributed by atoms with E-state index in [9.17, 15) is 17.2 Å². The van der Waals surface area contributed by atoms with Crippen molar-refractivity contribution >= 4 is 10.0 Å². The number of hydrogen-bond acceptors (Lipinski definition) is 3. The van der Waals surface area contributed by atoms with Crippen molar-refractivity contribution in [1.29, 1.82) is 0 Å². The van der Waals surface area contributed by atoms with Crippen LogP contribution in [0.5, 0.6) is 0 Å². The van der Waals surface area contributed by atoms with Crippen LogP contribution in [-0.2, 0) is 10.0 Å². The Bertz CT molecular complexity index is 1000. The van der Waals surface area contributed by atoms with Gasteiger partial charge in [0.1, 0.15) is 16.5 Å². The zero-order chi connectivity index (χ0) is 17.3. The zero-order valence-corrected chi connectivity index (χ0v) is 13.1. The summed E-state index contributed by atoms with van der Waals surface area (Å²) in [5.74, 6) is -1.32. The largest absolute Gasteiger partial charge is 0.256 e. The Labute approximate surface area is 137 Å². The molecular formula is C17H12F2N2O2S. The van der Waals surface area contributed by atoms with Crippen molar-refractivity contribution in [3.63, 3.8) is 0 Å². The summed E-state index contributed by atoms with van der Waals surface area (Å²) in [6.45, 7) is 0. The van der Waals surface area contributed by atoms with E-state index in [1.54, 1.807) is 30.5 Å². The number of rotatable bonds is 3. The van der Waals surface area contributed by atoms with Gasteiger partial charge < -0.3 is 0 Å². The topological polar surface area (TPSA) is 73.1 Å². The van der Waals surface area contributed by atoms with E-state index in [0.717, 1.165) is 12.1 Å². The molecule has 2 N–H and O–H groups in total. The Morgan fingerprint density at radius 1 is 0.917 bits per heavy atom. The van der Waals surface area contributed by atoms with Crippen LogP contribution in [0.1, 0.15) is 0 Å². The van der Waals surface area contributed by atoms with Crippen LogP contribution in [0.4, 0.5) is 8.78 Å². The van der Waals surface area contributed by atoms with Gasteiger partial charge in [-0.1, -0.05) is 12.1 Å². The second kappa shape index (κ2) is 6.10. The molecule has 24 heavy (non-hydrogen) atoms. The molecule has 3 aromatic rings. The van der Waals surface area contributed by atoms with Crippen LogP contribution in [0.3, 0.4) is 0 Å². The minimum absolute atomic E-state index is 0.375. The van der Waals surface area contributed by atoms with Crippen LogP contribution in [0, 0.1) is 11.6 Å². The third kappa shape index (κ3) is 3.17. The van der Waals surface area contributed by atoms with Crippen molar-refractivity contribution in [3.05, 3.63) is 72.4 Å². The maximum atomic E-state index is 14.1. The van der Waals surface area contributed by atoms with E-state index < -0.39 is 20.7 Å². The molecule has 3 rings (SSSR count). The van der Waals surface area contributed by atoms with E-state index in [4.69, 9.17) is 5.14 Å². The maximum Gasteiger partial charge on any atom is 0.240 e. The Balaban J connectivity index is 2.14. The summed E-state index contributed by atoms with van der Waals surface area (Å²) in [6, 6.07) is 12.8. The Morgan fingerprint density at radius 2 is 1.58 bits per heavy atom. The van der Waals surface area contributed by atoms with E-state index in [1.807, 2.05) is 0 Å². The Kier molecular flexibility index (Phi) is 4.13. The molecular weight excluding hydrogens is 334 g/mol. The highest BCUT2D eigenvalue weighted by Gasteiger charge is 2.16. The van der Waals surface area contributed by atoms with Crippen molar-refractivity contribution < 1.29 is 17.2 Å². The second-order valence-corrected chi connectivity index (χ2v) is 6.63. The first-order valence-corrected chi connectivity index (χ1v) is 8.44. The highest BCUT2D eigenvalue weighted by atomic mass is 32.2. The van der Waals surface area contributed by atoms with Gasteiger partial charge in [-0.15, -0.1) is 0 Å². The van der Waals surface area contributed by atoms with Gasteiger partial charge >= 0.3 is 0 Å². The van der Waals surface area contributed by atoms with Crippen molar-refractivity contribution in [3.8, 4) is 22.4 Å². The van der Waals surface area contributed by atoms with Gasteiger partial charge in [0.25, 0.3) is 0 Å². The van der Waals surface area contributed by atoms with Gasteiger partial charge in [-0.2, -0.15) is 0 Å². The highest BCUT2D eigenvalue weighted by Crippen LogP contribution is 2.31. The van der Waals surface area contributed by atoms with Crippen LogP contribution in [0.2, 0.25) is 0 Å². The minimum atomic E-state index is -4.13. The third-order valence-corrected chi connectivity index (χ3v) is 4.42. The number of hydrogen-bond donors (Lipinski definition) is 1. The quantitative estimate of drug-likeness (QED) is 0.790. The average Bonchev–Trinajstić information content (AvgIpc) is 2.54. The van der Waals surface area contributed by atoms with Crippen molar-refractivity contribution in [2.45, 2.75) is 4.90 Å². The molecule has 0 aliphatic carbocycles. The highest BCUT2D eigenvalue weighted by molar-refractivity contribution is 7.89. The maximum absolute atomic E-state index is 14.1.